The summed E-state index contributed by atoms with van der Waals surface area (Å²) in [5.41, 5.74) is 0.570. The topological polar surface area (TPSA) is 97.6 Å². The number of hydrogen-bond acceptors (Lipinski definition) is 5. The molecule has 7 heteroatoms. The number of hydrogen-bond donors (Lipinski definition) is 0. The molecule has 24 heavy (non-hydrogen) atoms. The van der Waals surface area contributed by atoms with Gasteiger partial charge in [0.05, 0.1) is 22.4 Å². The van der Waals surface area contributed by atoms with Crippen LogP contribution in [-0.4, -0.2) is 22.5 Å². The van der Waals surface area contributed by atoms with Crippen LogP contribution in [0.1, 0.15) is 24.8 Å². The summed E-state index contributed by atoms with van der Waals surface area (Å²) in [6.07, 6.45) is 1.82. The van der Waals surface area contributed by atoms with Crippen molar-refractivity contribution < 1.29 is 19.3 Å². The molecule has 4 aliphatic rings. The average Bonchev–Trinajstić information content (AvgIpc) is 2.81. The zero-order valence-corrected chi connectivity index (χ0v) is 13.1. The highest BCUT2D eigenvalue weighted by Gasteiger charge is 2.61. The lowest BCUT2D eigenvalue weighted by Crippen LogP contribution is -2.46. The number of anilines is 1. The zero-order valence-electron chi connectivity index (χ0n) is 13.1. The third-order valence-corrected chi connectivity index (χ3v) is 5.71. The molecule has 1 aliphatic heterocycles. The fourth-order valence-corrected chi connectivity index (χ4v) is 4.57. The maximum absolute atomic E-state index is 12.8. The van der Waals surface area contributed by atoms with Crippen LogP contribution in [0.5, 0.6) is 0 Å². The van der Waals surface area contributed by atoms with Gasteiger partial charge in [0, 0.05) is 24.0 Å². The predicted octanol–water partition coefficient (Wildman–Crippen LogP) is 2.01. The quantitative estimate of drug-likeness (QED) is 0.470. The Morgan fingerprint density at radius 3 is 2.50 bits per heavy atom. The SMILES string of the molecule is Cc1ccc(N2C(=O)[C@@H]3[C@H]4CC[C@H](C(=O)C4)[C@@H]3C2=O)cc1[N+](=O)[O-]. The van der Waals surface area contributed by atoms with Crippen LogP contribution in [0.2, 0.25) is 0 Å². The van der Waals surface area contributed by atoms with E-state index in [1.807, 2.05) is 0 Å². The average molecular weight is 328 g/mol. The second kappa shape index (κ2) is 4.96. The van der Waals surface area contributed by atoms with Crippen molar-refractivity contribution in [3.05, 3.63) is 33.9 Å². The number of fused-ring (bicyclic) bond motifs is 2. The number of nitro groups is 1. The van der Waals surface area contributed by atoms with E-state index in [1.54, 1.807) is 13.0 Å². The number of carbonyl (C=O) groups is 3. The third kappa shape index (κ3) is 1.87. The molecule has 2 amide bonds. The van der Waals surface area contributed by atoms with E-state index in [0.717, 1.165) is 11.3 Å². The van der Waals surface area contributed by atoms with Crippen LogP contribution >= 0.6 is 0 Å². The number of nitro benzene ring substituents is 1. The molecule has 3 saturated carbocycles. The lowest BCUT2D eigenvalue weighted by atomic mass is 9.59. The van der Waals surface area contributed by atoms with Gasteiger partial charge in [0.1, 0.15) is 5.78 Å². The van der Waals surface area contributed by atoms with E-state index in [9.17, 15) is 24.5 Å². The van der Waals surface area contributed by atoms with Gasteiger partial charge in [-0.2, -0.15) is 0 Å². The first-order chi connectivity index (χ1) is 11.4. The molecule has 0 aromatic heterocycles. The highest BCUT2D eigenvalue weighted by atomic mass is 16.6. The van der Waals surface area contributed by atoms with Crippen LogP contribution in [0.25, 0.3) is 0 Å². The second-order valence-corrected chi connectivity index (χ2v) is 6.91. The van der Waals surface area contributed by atoms with Gasteiger partial charge in [-0.25, -0.2) is 4.90 Å². The highest BCUT2D eigenvalue weighted by Crippen LogP contribution is 2.52. The van der Waals surface area contributed by atoms with Crippen LogP contribution in [0.15, 0.2) is 18.2 Å². The maximum atomic E-state index is 12.8. The van der Waals surface area contributed by atoms with E-state index < -0.39 is 16.8 Å². The summed E-state index contributed by atoms with van der Waals surface area (Å²) in [7, 11) is 0. The van der Waals surface area contributed by atoms with Gasteiger partial charge in [-0.3, -0.25) is 24.5 Å². The molecule has 7 nitrogen and oxygen atoms in total. The summed E-state index contributed by atoms with van der Waals surface area (Å²) >= 11 is 0. The third-order valence-electron chi connectivity index (χ3n) is 5.71. The number of amides is 2. The Hall–Kier alpha value is -2.57. The van der Waals surface area contributed by atoms with Crippen LogP contribution < -0.4 is 4.90 Å². The van der Waals surface area contributed by atoms with Crippen LogP contribution in [-0.2, 0) is 14.4 Å². The Morgan fingerprint density at radius 2 is 1.83 bits per heavy atom. The summed E-state index contributed by atoms with van der Waals surface area (Å²) in [5.74, 6) is -2.11. The largest absolute Gasteiger partial charge is 0.299 e. The molecule has 2 bridgehead atoms. The van der Waals surface area contributed by atoms with Crippen molar-refractivity contribution in [2.75, 3.05) is 4.90 Å². The Bertz CT molecular complexity index is 802. The van der Waals surface area contributed by atoms with E-state index in [1.165, 1.54) is 12.1 Å². The number of carbonyl (C=O) groups excluding carboxylic acids is 3. The lowest BCUT2D eigenvalue weighted by molar-refractivity contribution is -0.385. The fraction of sp³-hybridized carbons (Fsp3) is 0.471. The number of Topliss-reactive ketones (excluding diaryl/α,β-unsaturated/α-hetero) is 1. The van der Waals surface area contributed by atoms with Gasteiger partial charge in [-0.05, 0) is 31.7 Å². The van der Waals surface area contributed by atoms with Crippen molar-refractivity contribution in [2.45, 2.75) is 26.2 Å². The lowest BCUT2D eigenvalue weighted by Gasteiger charge is -2.41. The molecule has 1 saturated heterocycles. The van der Waals surface area contributed by atoms with Crippen molar-refractivity contribution in [3.8, 4) is 0 Å². The molecular formula is C17H16N2O5. The number of ketones is 1. The van der Waals surface area contributed by atoms with Crippen LogP contribution in [0, 0.1) is 40.7 Å². The van der Waals surface area contributed by atoms with Gasteiger partial charge >= 0.3 is 0 Å². The summed E-state index contributed by atoms with van der Waals surface area (Å²) in [6.45, 7) is 1.61. The molecule has 3 aliphatic carbocycles. The van der Waals surface area contributed by atoms with E-state index in [2.05, 4.69) is 0 Å². The van der Waals surface area contributed by atoms with Crippen molar-refractivity contribution in [1.29, 1.82) is 0 Å². The zero-order chi connectivity index (χ0) is 17.2. The number of rotatable bonds is 2. The standard InChI is InChI=1S/C17H16N2O5/c1-8-2-4-10(7-12(8)19(23)24)18-16(21)14-9-3-5-11(13(20)6-9)15(14)17(18)22/h2,4,7,9,11,14-15H,3,5-6H2,1H3/t9-,11+,14+,15-/m0/s1. The first-order valence-corrected chi connectivity index (χ1v) is 8.05. The molecule has 0 radical (unpaired) electrons. The maximum Gasteiger partial charge on any atom is 0.274 e. The molecule has 1 heterocycles. The van der Waals surface area contributed by atoms with Gasteiger partial charge in [0.25, 0.3) is 5.69 Å². The van der Waals surface area contributed by atoms with Gasteiger partial charge in [-0.1, -0.05) is 6.07 Å². The molecule has 0 N–H and O–H groups in total. The van der Waals surface area contributed by atoms with E-state index in [4.69, 9.17) is 0 Å². The normalized spacial score (nSPS) is 31.5. The monoisotopic (exact) mass is 328 g/mol. The van der Waals surface area contributed by atoms with Gasteiger partial charge in [0.15, 0.2) is 0 Å². The first kappa shape index (κ1) is 15.0. The molecule has 1 aromatic carbocycles. The molecule has 4 fully saturated rings. The minimum atomic E-state index is -0.585. The van der Waals surface area contributed by atoms with Crippen molar-refractivity contribution in [1.82, 2.24) is 0 Å². The molecule has 124 valence electrons. The van der Waals surface area contributed by atoms with E-state index in [0.29, 0.717) is 18.4 Å². The van der Waals surface area contributed by atoms with Crippen molar-refractivity contribution >= 4 is 29.0 Å². The second-order valence-electron chi connectivity index (χ2n) is 6.91. The number of imide groups is 1. The van der Waals surface area contributed by atoms with Gasteiger partial charge in [0.2, 0.25) is 11.8 Å². The van der Waals surface area contributed by atoms with Gasteiger partial charge in [-0.15, -0.1) is 0 Å². The Morgan fingerprint density at radius 1 is 1.12 bits per heavy atom. The van der Waals surface area contributed by atoms with E-state index in [-0.39, 0.29) is 40.8 Å². The predicted molar refractivity (Wildman–Crippen MR) is 83.1 cm³/mol. The Kier molecular flexibility index (Phi) is 3.10. The number of nitrogens with zero attached hydrogens (tertiary/aromatic N) is 2. The fourth-order valence-electron chi connectivity index (χ4n) is 4.57. The summed E-state index contributed by atoms with van der Waals surface area (Å²) in [5, 5.41) is 11.1. The smallest absolute Gasteiger partial charge is 0.274 e. The highest BCUT2D eigenvalue weighted by molar-refractivity contribution is 6.23. The number of benzene rings is 1. The van der Waals surface area contributed by atoms with Crippen LogP contribution in [0.4, 0.5) is 11.4 Å². The van der Waals surface area contributed by atoms with Crippen LogP contribution in [0.3, 0.4) is 0 Å². The van der Waals surface area contributed by atoms with E-state index >= 15 is 0 Å². The van der Waals surface area contributed by atoms with Crippen molar-refractivity contribution in [3.63, 3.8) is 0 Å². The minimum absolute atomic E-state index is 0.0744. The molecular weight excluding hydrogens is 312 g/mol. The minimum Gasteiger partial charge on any atom is -0.299 e. The summed E-state index contributed by atoms with van der Waals surface area (Å²) in [4.78, 5) is 49.5. The van der Waals surface area contributed by atoms with Gasteiger partial charge < -0.3 is 0 Å². The molecule has 5 rings (SSSR count). The first-order valence-electron chi connectivity index (χ1n) is 8.05. The van der Waals surface area contributed by atoms with Crippen molar-refractivity contribution in [2.24, 2.45) is 23.7 Å². The molecule has 0 spiro atoms. The molecule has 1 aromatic rings. The summed E-state index contributed by atoms with van der Waals surface area (Å²) < 4.78 is 0. The molecule has 0 unspecified atom stereocenters. The Labute approximate surface area is 137 Å². The summed E-state index contributed by atoms with van der Waals surface area (Å²) in [6, 6.07) is 4.36. The Balaban J connectivity index is 1.77. The molecule has 4 atom stereocenters. The number of aryl methyl sites for hydroxylation is 1.